The molecule has 5 heteroatoms. The van der Waals surface area contributed by atoms with Gasteiger partial charge in [0.05, 0.1) is 0 Å². The van der Waals surface area contributed by atoms with Crippen LogP contribution in [-0.2, 0) is 17.5 Å². The third kappa shape index (κ3) is 5.35. The van der Waals surface area contributed by atoms with E-state index in [1.165, 1.54) is 21.5 Å². The second-order valence-electron chi connectivity index (χ2n) is 9.97. The van der Waals surface area contributed by atoms with Gasteiger partial charge in [-0.3, -0.25) is 0 Å². The van der Waals surface area contributed by atoms with Gasteiger partial charge in [-0.1, -0.05) is 0 Å². The Kier molecular flexibility index (Phi) is 8.21. The van der Waals surface area contributed by atoms with Crippen LogP contribution in [0.3, 0.4) is 0 Å². The van der Waals surface area contributed by atoms with Gasteiger partial charge in [0.25, 0.3) is 0 Å². The maximum absolute atomic E-state index is 12.7. The van der Waals surface area contributed by atoms with Crippen molar-refractivity contribution in [3.8, 4) is 5.75 Å². The fourth-order valence-electron chi connectivity index (χ4n) is 5.44. The quantitative estimate of drug-likeness (QED) is 0.161. The first-order valence-corrected chi connectivity index (χ1v) is 17.8. The van der Waals surface area contributed by atoms with Crippen molar-refractivity contribution in [3.05, 3.63) is 151 Å². The zero-order chi connectivity index (χ0) is 28.0. The summed E-state index contributed by atoms with van der Waals surface area (Å²) in [7, 11) is 1.64. The number of anilines is 1. The first-order chi connectivity index (χ1) is 19.4. The number of halogens is 1. The molecule has 0 unspecified atom stereocenters. The van der Waals surface area contributed by atoms with Crippen LogP contribution in [0, 0.1) is 0 Å². The number of hydrogen-bond acceptors (Lipinski definition) is 2. The Morgan fingerprint density at radius 2 is 1.15 bits per heavy atom. The van der Waals surface area contributed by atoms with Crippen LogP contribution >= 0.6 is 20.8 Å². The van der Waals surface area contributed by atoms with Crippen LogP contribution in [-0.4, -0.2) is 13.0 Å². The van der Waals surface area contributed by atoms with E-state index in [1.54, 1.807) is 18.9 Å². The number of benzene rings is 5. The number of carbonyl (C=O) groups is 1. The number of rotatable bonds is 9. The van der Waals surface area contributed by atoms with Gasteiger partial charge >= 0.3 is 246 Å². The zero-order valence-corrected chi connectivity index (χ0v) is 25.3. The number of nitrogens with zero attached hydrogens (tertiary/aromatic N) is 1. The van der Waals surface area contributed by atoms with Crippen LogP contribution in [0.25, 0.3) is 0 Å². The van der Waals surface area contributed by atoms with Crippen LogP contribution < -0.4 is 25.6 Å². The van der Waals surface area contributed by atoms with Gasteiger partial charge in [0, 0.05) is 0 Å². The summed E-state index contributed by atoms with van der Waals surface area (Å²) in [6.07, 6.45) is 0.792. The van der Waals surface area contributed by atoms with Gasteiger partial charge in [0.2, 0.25) is 0 Å². The Morgan fingerprint density at radius 1 is 0.675 bits per heavy atom. The van der Waals surface area contributed by atoms with Crippen molar-refractivity contribution in [1.82, 2.24) is 0 Å². The van der Waals surface area contributed by atoms with E-state index >= 15 is 0 Å². The molecule has 1 amide bonds. The summed E-state index contributed by atoms with van der Waals surface area (Å²) in [5.41, 5.74) is 3.13. The van der Waals surface area contributed by atoms with Crippen molar-refractivity contribution in [2.75, 3.05) is 12.0 Å². The van der Waals surface area contributed by atoms with Crippen LogP contribution in [0.5, 0.6) is 5.75 Å². The molecule has 0 aromatic heterocycles. The van der Waals surface area contributed by atoms with Crippen molar-refractivity contribution in [1.29, 1.82) is 0 Å². The Balaban J connectivity index is 1.61. The summed E-state index contributed by atoms with van der Waals surface area (Å²) in [4.78, 5) is 14.5. The summed E-state index contributed by atoms with van der Waals surface area (Å²) < 4.78 is 5.30. The number of amides is 1. The molecule has 0 bridgehead atoms. The third-order valence-corrected chi connectivity index (χ3v) is 17.0. The Labute approximate surface area is 245 Å². The molecule has 0 spiro atoms. The average Bonchev–Trinajstić information content (AvgIpc) is 3.01. The molecule has 0 heterocycles. The van der Waals surface area contributed by atoms with E-state index in [0.717, 1.165) is 23.2 Å². The van der Waals surface area contributed by atoms with Crippen molar-refractivity contribution >= 4 is 48.3 Å². The molecule has 0 aliphatic heterocycles. The number of ether oxygens (including phenoxy) is 1. The van der Waals surface area contributed by atoms with E-state index in [1.807, 2.05) is 24.3 Å². The third-order valence-electron chi connectivity index (χ3n) is 7.46. The van der Waals surface area contributed by atoms with Crippen molar-refractivity contribution in [2.24, 2.45) is 0 Å². The topological polar surface area (TPSA) is 29.5 Å². The van der Waals surface area contributed by atoms with Gasteiger partial charge in [-0.2, -0.15) is 0 Å². The van der Waals surface area contributed by atoms with Crippen LogP contribution in [0.4, 0.5) is 5.69 Å². The van der Waals surface area contributed by atoms with E-state index in [9.17, 15) is 4.79 Å². The molecule has 0 saturated carbocycles. The average molecular weight is 611 g/mol. The van der Waals surface area contributed by atoms with Crippen LogP contribution in [0.15, 0.2) is 140 Å². The molecule has 0 aliphatic rings. The summed E-state index contributed by atoms with van der Waals surface area (Å²) >= 11 is 4.56. The summed E-state index contributed by atoms with van der Waals surface area (Å²) in [6, 6.07) is 48.7. The van der Waals surface area contributed by atoms with Crippen molar-refractivity contribution in [2.45, 2.75) is 19.6 Å². The normalized spacial score (nSPS) is 12.2. The van der Waals surface area contributed by atoms with Crippen LogP contribution in [0.1, 0.15) is 18.1 Å². The van der Waals surface area contributed by atoms with E-state index in [2.05, 4.69) is 131 Å². The molecule has 0 N–H and O–H groups in total. The van der Waals surface area contributed by atoms with E-state index in [-0.39, 0.29) is 5.91 Å². The maximum atomic E-state index is 12.7. The van der Waals surface area contributed by atoms with Crippen LogP contribution in [0.2, 0.25) is 0 Å². The van der Waals surface area contributed by atoms with E-state index in [0.29, 0.717) is 6.54 Å². The fourth-order valence-corrected chi connectivity index (χ4v) is 13.1. The van der Waals surface area contributed by atoms with Crippen molar-refractivity contribution in [3.63, 3.8) is 0 Å². The number of methoxy groups -OCH3 is 1. The Hall–Kier alpha value is -3.72. The van der Waals surface area contributed by atoms with Gasteiger partial charge in [-0.25, -0.2) is 0 Å². The van der Waals surface area contributed by atoms with Gasteiger partial charge in [-0.15, -0.1) is 0 Å². The van der Waals surface area contributed by atoms with Crippen molar-refractivity contribution < 1.29 is 9.53 Å². The first-order valence-electron chi connectivity index (χ1n) is 13.3. The monoisotopic (exact) mass is 609 g/mol. The Bertz CT molecular complexity index is 1480. The van der Waals surface area contributed by atoms with E-state index < -0.39 is 5.31 Å². The Morgan fingerprint density at radius 3 is 1.60 bits per heavy atom. The minimum atomic E-state index is -3.13. The predicted molar refractivity (Wildman–Crippen MR) is 174 cm³/mol. The second-order valence-corrected chi connectivity index (χ2v) is 18.9. The molecular formula is C35H33BrNO2P. The zero-order valence-electron chi connectivity index (χ0n) is 22.8. The molecule has 0 aliphatic carbocycles. The molecule has 5 aromatic rings. The minimum absolute atomic E-state index is 0.00597. The second kappa shape index (κ2) is 11.8. The van der Waals surface area contributed by atoms with Gasteiger partial charge in [0.1, 0.15) is 0 Å². The number of carbonyl (C=O) groups excluding carboxylic acids is 1. The molecule has 202 valence electrons. The standard InChI is InChI=1S/C35H33BrNO2P/c1-28(38)37(31-21-23-32(39-2)24-22-31)26-29-13-12-14-30(25-29)27-40(36,33-15-6-3-7-16-33,34-17-8-4-9-18-34)35-19-10-5-11-20-35/h3-25H,26-27H2,1-2H3. The molecule has 40 heavy (non-hydrogen) atoms. The SMILES string of the molecule is COc1ccc(N(Cc2cccc(CP(Br)(c3ccccc3)(c3ccccc3)c3ccccc3)c2)C(C)=O)cc1. The molecule has 3 nitrogen and oxygen atoms in total. The molecular weight excluding hydrogens is 577 g/mol. The predicted octanol–water partition coefficient (Wildman–Crippen LogP) is 7.59. The fraction of sp³-hybridized carbons (Fsp3) is 0.114. The van der Waals surface area contributed by atoms with E-state index in [4.69, 9.17) is 4.74 Å². The summed E-state index contributed by atoms with van der Waals surface area (Å²) in [6.45, 7) is 2.09. The molecule has 0 saturated heterocycles. The molecule has 0 fully saturated rings. The number of hydrogen-bond donors (Lipinski definition) is 0. The first kappa shape index (κ1) is 27.8. The van der Waals surface area contributed by atoms with Gasteiger partial charge in [-0.05, 0) is 0 Å². The van der Waals surface area contributed by atoms with Gasteiger partial charge in [0.15, 0.2) is 0 Å². The van der Waals surface area contributed by atoms with Gasteiger partial charge < -0.3 is 0 Å². The summed E-state index contributed by atoms with van der Waals surface area (Å²) in [5, 5.41) is 0.705. The molecule has 5 rings (SSSR count). The molecule has 0 atom stereocenters. The summed E-state index contributed by atoms with van der Waals surface area (Å²) in [5.74, 6) is 0.758. The molecule has 5 aromatic carbocycles. The molecule has 0 radical (unpaired) electrons.